The van der Waals surface area contributed by atoms with Crippen LogP contribution in [0.3, 0.4) is 0 Å². The predicted octanol–water partition coefficient (Wildman–Crippen LogP) is -0.153. The van der Waals surface area contributed by atoms with Crippen molar-refractivity contribution in [2.45, 2.75) is 26.7 Å². The lowest BCUT2D eigenvalue weighted by Crippen LogP contribution is -2.39. The summed E-state index contributed by atoms with van der Waals surface area (Å²) in [6.07, 6.45) is 0.971. The molecular formula is C11H21N3O4. The molecule has 7 nitrogen and oxygen atoms in total. The van der Waals surface area contributed by atoms with Crippen LogP contribution in [0.15, 0.2) is 0 Å². The van der Waals surface area contributed by atoms with Gasteiger partial charge in [0, 0.05) is 13.0 Å². The molecule has 0 aromatic carbocycles. The van der Waals surface area contributed by atoms with Crippen molar-refractivity contribution in [1.29, 1.82) is 0 Å². The SMILES string of the molecule is CCCN(CCC(=O)NC(N)=O)CC(=O)OCC. The number of carbonyl (C=O) groups is 3. The number of ether oxygens (including phenoxy) is 1. The van der Waals surface area contributed by atoms with Gasteiger partial charge in [-0.05, 0) is 19.9 Å². The van der Waals surface area contributed by atoms with Crippen LogP contribution in [0.5, 0.6) is 0 Å². The van der Waals surface area contributed by atoms with Crippen molar-refractivity contribution in [3.8, 4) is 0 Å². The molecule has 0 fully saturated rings. The molecule has 0 aliphatic heterocycles. The molecule has 0 unspecified atom stereocenters. The van der Waals surface area contributed by atoms with Crippen LogP contribution in [0.1, 0.15) is 26.7 Å². The van der Waals surface area contributed by atoms with E-state index in [2.05, 4.69) is 0 Å². The second-order valence-electron chi connectivity index (χ2n) is 3.74. The Hall–Kier alpha value is -1.63. The second kappa shape index (κ2) is 9.41. The second-order valence-corrected chi connectivity index (χ2v) is 3.74. The molecule has 0 spiro atoms. The predicted molar refractivity (Wildman–Crippen MR) is 65.7 cm³/mol. The zero-order valence-electron chi connectivity index (χ0n) is 10.9. The van der Waals surface area contributed by atoms with Crippen molar-refractivity contribution < 1.29 is 19.1 Å². The van der Waals surface area contributed by atoms with Gasteiger partial charge in [0.05, 0.1) is 13.2 Å². The van der Waals surface area contributed by atoms with E-state index in [0.717, 1.165) is 6.42 Å². The normalized spacial score (nSPS) is 10.2. The Labute approximate surface area is 107 Å². The fraction of sp³-hybridized carbons (Fsp3) is 0.727. The minimum atomic E-state index is -0.868. The van der Waals surface area contributed by atoms with Gasteiger partial charge in [-0.3, -0.25) is 19.8 Å². The van der Waals surface area contributed by atoms with E-state index in [1.54, 1.807) is 11.8 Å². The lowest BCUT2D eigenvalue weighted by atomic mass is 10.3. The van der Waals surface area contributed by atoms with Gasteiger partial charge in [0.2, 0.25) is 5.91 Å². The summed E-state index contributed by atoms with van der Waals surface area (Å²) in [6, 6.07) is -0.868. The van der Waals surface area contributed by atoms with E-state index < -0.39 is 11.9 Å². The standard InChI is InChI=1S/C11H21N3O4/c1-3-6-14(8-10(16)18-4-2)7-5-9(15)13-11(12)17/h3-8H2,1-2H3,(H3,12,13,15,17). The van der Waals surface area contributed by atoms with E-state index in [1.807, 2.05) is 12.2 Å². The summed E-state index contributed by atoms with van der Waals surface area (Å²) in [5, 5.41) is 1.98. The molecule has 0 aliphatic carbocycles. The van der Waals surface area contributed by atoms with Gasteiger partial charge >= 0.3 is 12.0 Å². The maximum absolute atomic E-state index is 11.3. The number of hydrogen-bond acceptors (Lipinski definition) is 5. The summed E-state index contributed by atoms with van der Waals surface area (Å²) in [6.45, 7) is 5.25. The molecule has 0 heterocycles. The number of nitrogens with zero attached hydrogens (tertiary/aromatic N) is 1. The van der Waals surface area contributed by atoms with Gasteiger partial charge in [0.25, 0.3) is 0 Å². The number of amides is 3. The van der Waals surface area contributed by atoms with Crippen LogP contribution < -0.4 is 11.1 Å². The first-order valence-electron chi connectivity index (χ1n) is 5.96. The summed E-state index contributed by atoms with van der Waals surface area (Å²) in [5.41, 5.74) is 4.82. The molecule has 0 atom stereocenters. The molecule has 3 amide bonds. The Bertz CT molecular complexity index is 294. The smallest absolute Gasteiger partial charge is 0.320 e. The zero-order chi connectivity index (χ0) is 14.0. The molecule has 0 saturated heterocycles. The molecular weight excluding hydrogens is 238 g/mol. The highest BCUT2D eigenvalue weighted by molar-refractivity contribution is 5.93. The van der Waals surface area contributed by atoms with Gasteiger partial charge in [0.1, 0.15) is 0 Å². The third-order valence-corrected chi connectivity index (χ3v) is 2.12. The summed E-state index contributed by atoms with van der Waals surface area (Å²) >= 11 is 0. The number of imide groups is 1. The van der Waals surface area contributed by atoms with Crippen molar-refractivity contribution >= 4 is 17.9 Å². The molecule has 0 aromatic heterocycles. The van der Waals surface area contributed by atoms with Crippen molar-refractivity contribution in [3.63, 3.8) is 0 Å². The zero-order valence-corrected chi connectivity index (χ0v) is 10.9. The minimum absolute atomic E-state index is 0.113. The first-order valence-corrected chi connectivity index (χ1v) is 5.96. The average Bonchev–Trinajstić information content (AvgIpc) is 2.25. The van der Waals surface area contributed by atoms with E-state index >= 15 is 0 Å². The summed E-state index contributed by atoms with van der Waals surface area (Å²) in [5.74, 6) is -0.770. The van der Waals surface area contributed by atoms with Gasteiger partial charge in [-0.15, -0.1) is 0 Å². The van der Waals surface area contributed by atoms with Gasteiger partial charge in [-0.2, -0.15) is 0 Å². The summed E-state index contributed by atoms with van der Waals surface area (Å²) < 4.78 is 4.83. The Morgan fingerprint density at radius 3 is 2.39 bits per heavy atom. The fourth-order valence-electron chi connectivity index (χ4n) is 1.43. The van der Waals surface area contributed by atoms with Crippen molar-refractivity contribution in [2.75, 3.05) is 26.2 Å². The number of primary amides is 1. The number of nitrogens with one attached hydrogen (secondary N) is 1. The molecule has 0 rings (SSSR count). The van der Waals surface area contributed by atoms with Gasteiger partial charge in [0.15, 0.2) is 0 Å². The topological polar surface area (TPSA) is 102 Å². The molecule has 0 bridgehead atoms. The lowest BCUT2D eigenvalue weighted by molar-refractivity contribution is -0.144. The Balaban J connectivity index is 4.06. The van der Waals surface area contributed by atoms with Crippen molar-refractivity contribution in [3.05, 3.63) is 0 Å². The summed E-state index contributed by atoms with van der Waals surface area (Å²) in [4.78, 5) is 34.8. The molecule has 0 aliphatic rings. The van der Waals surface area contributed by atoms with Crippen LogP contribution in [0, 0.1) is 0 Å². The van der Waals surface area contributed by atoms with Crippen LogP contribution in [0.2, 0.25) is 0 Å². The van der Waals surface area contributed by atoms with Crippen LogP contribution in [-0.2, 0) is 14.3 Å². The number of esters is 1. The quantitative estimate of drug-likeness (QED) is 0.590. The van der Waals surface area contributed by atoms with Gasteiger partial charge in [-0.25, -0.2) is 4.79 Å². The molecule has 0 aromatic rings. The lowest BCUT2D eigenvalue weighted by Gasteiger charge is -2.19. The highest BCUT2D eigenvalue weighted by atomic mass is 16.5. The minimum Gasteiger partial charge on any atom is -0.465 e. The van der Waals surface area contributed by atoms with Crippen LogP contribution in [0.25, 0.3) is 0 Å². The monoisotopic (exact) mass is 259 g/mol. The number of rotatable bonds is 8. The summed E-state index contributed by atoms with van der Waals surface area (Å²) in [7, 11) is 0. The van der Waals surface area contributed by atoms with Gasteiger partial charge < -0.3 is 10.5 Å². The van der Waals surface area contributed by atoms with Gasteiger partial charge in [-0.1, -0.05) is 6.92 Å². The average molecular weight is 259 g/mol. The van der Waals surface area contributed by atoms with Crippen molar-refractivity contribution in [1.82, 2.24) is 10.2 Å². The first-order chi connectivity index (χ1) is 8.49. The molecule has 18 heavy (non-hydrogen) atoms. The number of hydrogen-bond donors (Lipinski definition) is 2. The van der Waals surface area contributed by atoms with E-state index in [9.17, 15) is 14.4 Å². The van der Waals surface area contributed by atoms with Crippen LogP contribution in [0.4, 0.5) is 4.79 Å². The van der Waals surface area contributed by atoms with Crippen LogP contribution in [-0.4, -0.2) is 49.0 Å². The van der Waals surface area contributed by atoms with E-state index in [0.29, 0.717) is 19.7 Å². The Kier molecular flexibility index (Phi) is 8.55. The Morgan fingerprint density at radius 1 is 1.22 bits per heavy atom. The first kappa shape index (κ1) is 16.4. The highest BCUT2D eigenvalue weighted by Gasteiger charge is 2.13. The number of nitrogens with two attached hydrogens (primary N) is 1. The van der Waals surface area contributed by atoms with Crippen molar-refractivity contribution in [2.24, 2.45) is 5.73 Å². The van der Waals surface area contributed by atoms with E-state index in [1.165, 1.54) is 0 Å². The van der Waals surface area contributed by atoms with E-state index in [4.69, 9.17) is 10.5 Å². The molecule has 0 radical (unpaired) electrons. The van der Waals surface area contributed by atoms with Crippen LogP contribution >= 0.6 is 0 Å². The number of carbonyl (C=O) groups excluding carboxylic acids is 3. The maximum Gasteiger partial charge on any atom is 0.320 e. The third kappa shape index (κ3) is 8.51. The van der Waals surface area contributed by atoms with E-state index in [-0.39, 0.29) is 18.9 Å². The highest BCUT2D eigenvalue weighted by Crippen LogP contribution is 1.96. The third-order valence-electron chi connectivity index (χ3n) is 2.12. The molecule has 7 heteroatoms. The number of urea groups is 1. The largest absolute Gasteiger partial charge is 0.465 e. The Morgan fingerprint density at radius 2 is 1.89 bits per heavy atom. The molecule has 0 saturated carbocycles. The molecule has 104 valence electrons. The fourth-order valence-corrected chi connectivity index (χ4v) is 1.43. The molecule has 3 N–H and O–H groups in total. The maximum atomic E-state index is 11.3.